The number of carboxylic acids is 1. The van der Waals surface area contributed by atoms with Gasteiger partial charge < -0.3 is 9.84 Å². The lowest BCUT2D eigenvalue weighted by molar-refractivity contribution is -0.536. The van der Waals surface area contributed by atoms with Gasteiger partial charge in [0, 0.05) is 11.8 Å². The van der Waals surface area contributed by atoms with E-state index in [-0.39, 0.29) is 0 Å². The third kappa shape index (κ3) is 1.34. The van der Waals surface area contributed by atoms with Crippen molar-refractivity contribution in [3.05, 3.63) is 10.1 Å². The Morgan fingerprint density at radius 3 is 2.08 bits per heavy atom. The predicted molar refractivity (Wildman–Crippen MR) is 35.1 cm³/mol. The Morgan fingerprint density at radius 1 is 1.58 bits per heavy atom. The standard InChI is InChI=1S/C5H7NO6/c1-5(3(7)8,6(10)11)4(9)12-2/h1-2H3,(H,7,8). The Morgan fingerprint density at radius 2 is 2.00 bits per heavy atom. The Bertz CT molecular complexity index is 220. The van der Waals surface area contributed by atoms with E-state index in [1.807, 2.05) is 0 Å². The summed E-state index contributed by atoms with van der Waals surface area (Å²) in [5.74, 6) is -3.25. The zero-order valence-electron chi connectivity index (χ0n) is 6.44. The Kier molecular flexibility index (Phi) is 2.72. The van der Waals surface area contributed by atoms with E-state index >= 15 is 0 Å². The second kappa shape index (κ2) is 3.16. The highest BCUT2D eigenvalue weighted by molar-refractivity contribution is 6.01. The van der Waals surface area contributed by atoms with Crippen LogP contribution in [0.1, 0.15) is 6.92 Å². The molecule has 0 saturated heterocycles. The number of methoxy groups -OCH3 is 1. The van der Waals surface area contributed by atoms with E-state index in [9.17, 15) is 19.7 Å². The number of carbonyl (C=O) groups excluding carboxylic acids is 1. The number of rotatable bonds is 3. The van der Waals surface area contributed by atoms with Crippen molar-refractivity contribution in [3.63, 3.8) is 0 Å². The summed E-state index contributed by atoms with van der Waals surface area (Å²) in [6.07, 6.45) is 0. The van der Waals surface area contributed by atoms with Gasteiger partial charge in [-0.15, -0.1) is 0 Å². The van der Waals surface area contributed by atoms with Crippen molar-refractivity contribution in [1.29, 1.82) is 0 Å². The molecule has 0 aromatic carbocycles. The molecule has 0 aromatic heterocycles. The van der Waals surface area contributed by atoms with Gasteiger partial charge in [0.1, 0.15) is 0 Å². The van der Waals surface area contributed by atoms with Gasteiger partial charge >= 0.3 is 17.5 Å². The van der Waals surface area contributed by atoms with Gasteiger partial charge in [-0.25, -0.2) is 9.59 Å². The fraction of sp³-hybridized carbons (Fsp3) is 0.600. The molecule has 1 atom stereocenters. The molecule has 0 aromatic rings. The molecular weight excluding hydrogens is 170 g/mol. The quantitative estimate of drug-likeness (QED) is 0.264. The lowest BCUT2D eigenvalue weighted by Crippen LogP contribution is -2.51. The maximum absolute atomic E-state index is 10.7. The first-order chi connectivity index (χ1) is 5.37. The van der Waals surface area contributed by atoms with Crippen LogP contribution in [-0.4, -0.2) is 34.6 Å². The molecule has 0 bridgehead atoms. The number of aliphatic carboxylic acids is 1. The van der Waals surface area contributed by atoms with E-state index in [0.29, 0.717) is 6.92 Å². The summed E-state index contributed by atoms with van der Waals surface area (Å²) in [7, 11) is 0.882. The fourth-order valence-electron chi connectivity index (χ4n) is 0.439. The van der Waals surface area contributed by atoms with Gasteiger partial charge in [0.05, 0.1) is 7.11 Å². The van der Waals surface area contributed by atoms with Crippen LogP contribution in [0.2, 0.25) is 0 Å². The second-order valence-electron chi connectivity index (χ2n) is 2.13. The molecule has 0 rings (SSSR count). The van der Waals surface area contributed by atoms with Crippen LogP contribution in [0.5, 0.6) is 0 Å². The number of esters is 1. The molecule has 0 spiro atoms. The number of carbonyl (C=O) groups is 2. The van der Waals surface area contributed by atoms with Gasteiger partial charge in [-0.2, -0.15) is 0 Å². The predicted octanol–water partition coefficient (Wildman–Crippen LogP) is -0.721. The van der Waals surface area contributed by atoms with Crippen LogP contribution in [0.15, 0.2) is 0 Å². The molecule has 0 aliphatic heterocycles. The van der Waals surface area contributed by atoms with Gasteiger partial charge in [0.25, 0.3) is 0 Å². The second-order valence-corrected chi connectivity index (χ2v) is 2.13. The summed E-state index contributed by atoms with van der Waals surface area (Å²) in [5.41, 5.74) is -2.71. The molecule has 0 fully saturated rings. The molecule has 7 heteroatoms. The highest BCUT2D eigenvalue weighted by Gasteiger charge is 2.55. The number of ether oxygens (including phenoxy) is 1. The first-order valence-corrected chi connectivity index (χ1v) is 2.83. The van der Waals surface area contributed by atoms with Crippen molar-refractivity contribution in [3.8, 4) is 0 Å². The van der Waals surface area contributed by atoms with E-state index in [4.69, 9.17) is 5.11 Å². The number of hydrogen-bond donors (Lipinski definition) is 1. The summed E-state index contributed by atoms with van der Waals surface area (Å²) in [4.78, 5) is 30.0. The van der Waals surface area contributed by atoms with Gasteiger partial charge in [0.15, 0.2) is 0 Å². The van der Waals surface area contributed by atoms with Crippen LogP contribution in [0.4, 0.5) is 0 Å². The molecule has 0 amide bonds. The van der Waals surface area contributed by atoms with Gasteiger partial charge in [-0.3, -0.25) is 10.1 Å². The van der Waals surface area contributed by atoms with Gasteiger partial charge in [-0.05, 0) is 0 Å². The fourth-order valence-corrected chi connectivity index (χ4v) is 0.439. The van der Waals surface area contributed by atoms with Crippen molar-refractivity contribution >= 4 is 11.9 Å². The lowest BCUT2D eigenvalue weighted by atomic mass is 10.1. The summed E-state index contributed by atoms with van der Waals surface area (Å²) in [6, 6.07) is 0. The minimum Gasteiger partial charge on any atom is -0.475 e. The molecule has 0 aliphatic rings. The van der Waals surface area contributed by atoms with Crippen LogP contribution < -0.4 is 0 Å². The molecule has 12 heavy (non-hydrogen) atoms. The molecule has 1 N–H and O–H groups in total. The van der Waals surface area contributed by atoms with Crippen molar-refractivity contribution in [1.82, 2.24) is 0 Å². The van der Waals surface area contributed by atoms with E-state index in [1.165, 1.54) is 0 Å². The summed E-state index contributed by atoms with van der Waals surface area (Å²) < 4.78 is 3.98. The Hall–Kier alpha value is -1.66. The molecule has 0 radical (unpaired) electrons. The summed E-state index contributed by atoms with van der Waals surface area (Å²) in [5, 5.41) is 18.5. The average Bonchev–Trinajstić information content (AvgIpc) is 2.00. The maximum Gasteiger partial charge on any atom is 0.407 e. The highest BCUT2D eigenvalue weighted by Crippen LogP contribution is 2.10. The van der Waals surface area contributed by atoms with Crippen molar-refractivity contribution in [2.24, 2.45) is 0 Å². The Labute approximate surface area is 67.1 Å². The summed E-state index contributed by atoms with van der Waals surface area (Å²) in [6.45, 7) is 0.668. The van der Waals surface area contributed by atoms with Crippen LogP contribution in [-0.2, 0) is 14.3 Å². The maximum atomic E-state index is 10.7. The number of hydrogen-bond acceptors (Lipinski definition) is 5. The van der Waals surface area contributed by atoms with Gasteiger partial charge in [0.2, 0.25) is 0 Å². The van der Waals surface area contributed by atoms with E-state index in [0.717, 1.165) is 7.11 Å². The third-order valence-corrected chi connectivity index (χ3v) is 1.36. The van der Waals surface area contributed by atoms with Gasteiger partial charge in [-0.1, -0.05) is 0 Å². The lowest BCUT2D eigenvalue weighted by Gasteiger charge is -2.12. The smallest absolute Gasteiger partial charge is 0.407 e. The average molecular weight is 177 g/mol. The normalized spacial score (nSPS) is 14.5. The Balaban J connectivity index is 5.01. The largest absolute Gasteiger partial charge is 0.475 e. The molecule has 1 unspecified atom stereocenters. The first kappa shape index (κ1) is 10.3. The molecule has 7 nitrogen and oxygen atoms in total. The number of nitro groups is 1. The van der Waals surface area contributed by atoms with Crippen molar-refractivity contribution in [2.45, 2.75) is 12.5 Å². The third-order valence-electron chi connectivity index (χ3n) is 1.36. The van der Waals surface area contributed by atoms with Crippen LogP contribution >= 0.6 is 0 Å². The molecule has 0 aliphatic carbocycles. The zero-order valence-corrected chi connectivity index (χ0v) is 6.44. The van der Waals surface area contributed by atoms with Crippen LogP contribution in [0.25, 0.3) is 0 Å². The topological polar surface area (TPSA) is 107 Å². The minimum atomic E-state index is -2.71. The van der Waals surface area contributed by atoms with Crippen molar-refractivity contribution in [2.75, 3.05) is 7.11 Å². The molecule has 0 saturated carbocycles. The van der Waals surface area contributed by atoms with E-state index < -0.39 is 22.4 Å². The van der Waals surface area contributed by atoms with Crippen LogP contribution in [0, 0.1) is 10.1 Å². The number of nitrogens with zero attached hydrogens (tertiary/aromatic N) is 1. The highest BCUT2D eigenvalue weighted by atomic mass is 16.6. The minimum absolute atomic E-state index is 0.668. The SMILES string of the molecule is COC(=O)C(C)(C(=O)O)[N+](=O)[O-]. The van der Waals surface area contributed by atoms with E-state index in [2.05, 4.69) is 4.74 Å². The van der Waals surface area contributed by atoms with E-state index in [1.54, 1.807) is 0 Å². The first-order valence-electron chi connectivity index (χ1n) is 2.83. The summed E-state index contributed by atoms with van der Waals surface area (Å²) >= 11 is 0. The molecule has 68 valence electrons. The molecule has 0 heterocycles. The van der Waals surface area contributed by atoms with Crippen LogP contribution in [0.3, 0.4) is 0 Å². The monoisotopic (exact) mass is 177 g/mol. The molecular formula is C5H7NO6. The van der Waals surface area contributed by atoms with Crippen molar-refractivity contribution < 1.29 is 24.4 Å². The zero-order chi connectivity index (χ0) is 9.94. The number of carboxylic acid groups (broad SMARTS) is 1.